The summed E-state index contributed by atoms with van der Waals surface area (Å²) in [4.78, 5) is 23.4. The van der Waals surface area contributed by atoms with E-state index in [1.54, 1.807) is 71.9 Å². The van der Waals surface area contributed by atoms with Gasteiger partial charge in [0.15, 0.2) is 0 Å². The molecule has 3 aromatic carbocycles. The quantitative estimate of drug-likeness (QED) is 0.353. The first kappa shape index (κ1) is 19.4. The Morgan fingerprint density at radius 2 is 1.71 bits per heavy atom. The summed E-state index contributed by atoms with van der Waals surface area (Å²) in [6.07, 6.45) is 0. The van der Waals surface area contributed by atoms with Gasteiger partial charge in [-0.1, -0.05) is 12.1 Å². The van der Waals surface area contributed by atoms with Crippen LogP contribution in [0.1, 0.15) is 10.4 Å². The van der Waals surface area contributed by atoms with Crippen molar-refractivity contribution in [1.82, 2.24) is 0 Å². The minimum Gasteiger partial charge on any atom is -0.630 e. The molecule has 1 amide bonds. The van der Waals surface area contributed by atoms with Crippen molar-refractivity contribution in [2.45, 2.75) is 4.90 Å². The Kier molecular flexibility index (Phi) is 6.22. The predicted molar refractivity (Wildman–Crippen MR) is 106 cm³/mol. The molecule has 0 aromatic heterocycles. The highest BCUT2D eigenvalue weighted by molar-refractivity contribution is 7.86. The van der Waals surface area contributed by atoms with Crippen molar-refractivity contribution in [3.05, 3.63) is 88.5 Å². The summed E-state index contributed by atoms with van der Waals surface area (Å²) in [6.45, 7) is 0. The number of benzene rings is 3. The van der Waals surface area contributed by atoms with Crippen molar-refractivity contribution in [1.29, 1.82) is 0 Å². The number of carbonyl (C=O) groups excluding carboxylic acids is 1. The van der Waals surface area contributed by atoms with Crippen LogP contribution in [-0.2, 0) is 11.0 Å². The largest absolute Gasteiger partial charge is 0.630 e. The standard InChI is InChI=1S/C19H16N4O4S/c24-19(20-14-7-9-15(21-25)10-8-14)13-3-1-6-18(11-13)28(27)23-17-5-2-4-16(12-17)22-26/h1-12,23H,22H2,(H,20,24)/p+1. The third-order valence-electron chi connectivity index (χ3n) is 3.80. The van der Waals surface area contributed by atoms with Gasteiger partial charge in [-0.15, -0.1) is 0 Å². The van der Waals surface area contributed by atoms with Gasteiger partial charge in [-0.3, -0.25) is 4.79 Å². The summed E-state index contributed by atoms with van der Waals surface area (Å²) in [5.41, 5.74) is 2.96. The summed E-state index contributed by atoms with van der Waals surface area (Å²) in [6, 6.07) is 19.3. The van der Waals surface area contributed by atoms with Gasteiger partial charge in [0.1, 0.15) is 16.7 Å². The van der Waals surface area contributed by atoms with Crippen LogP contribution in [0.2, 0.25) is 0 Å². The molecule has 0 saturated carbocycles. The maximum absolute atomic E-state index is 12.6. The fourth-order valence-corrected chi connectivity index (χ4v) is 3.31. The number of carbonyl (C=O) groups is 1. The maximum Gasteiger partial charge on any atom is 0.255 e. The monoisotopic (exact) mass is 397 g/mol. The van der Waals surface area contributed by atoms with Gasteiger partial charge in [-0.05, 0) is 42.5 Å². The van der Waals surface area contributed by atoms with Crippen molar-refractivity contribution in [2.75, 3.05) is 10.0 Å². The van der Waals surface area contributed by atoms with Gasteiger partial charge in [-0.25, -0.2) is 4.21 Å². The van der Waals surface area contributed by atoms with Crippen molar-refractivity contribution >= 4 is 39.6 Å². The van der Waals surface area contributed by atoms with Crippen LogP contribution in [-0.4, -0.2) is 10.1 Å². The molecule has 5 N–H and O–H groups in total. The molecular formula is C19H17N4O4S+. The van der Waals surface area contributed by atoms with Crippen LogP contribution in [0, 0.1) is 10.1 Å². The molecule has 0 radical (unpaired) electrons. The second kappa shape index (κ2) is 9.00. The first-order valence-electron chi connectivity index (χ1n) is 8.22. The molecule has 0 spiro atoms. The van der Waals surface area contributed by atoms with E-state index in [2.05, 4.69) is 10.0 Å². The average molecular weight is 397 g/mol. The summed E-state index contributed by atoms with van der Waals surface area (Å²) in [5, 5.41) is 15.3. The second-order valence-electron chi connectivity index (χ2n) is 5.78. The number of nitrogens with one attached hydrogen (secondary N) is 3. The number of nitroso groups, excluding NO2 is 1. The fraction of sp³-hybridized carbons (Fsp3) is 0. The van der Waals surface area contributed by atoms with Crippen LogP contribution in [0.5, 0.6) is 0 Å². The molecule has 9 heteroatoms. The van der Waals surface area contributed by atoms with Crippen molar-refractivity contribution < 1.29 is 19.7 Å². The molecule has 3 aromatic rings. The fourth-order valence-electron chi connectivity index (χ4n) is 2.42. The van der Waals surface area contributed by atoms with E-state index < -0.39 is 11.0 Å². The lowest BCUT2D eigenvalue weighted by Gasteiger charge is -2.09. The van der Waals surface area contributed by atoms with Crippen LogP contribution < -0.4 is 20.7 Å². The highest BCUT2D eigenvalue weighted by Crippen LogP contribution is 2.17. The van der Waals surface area contributed by atoms with E-state index in [4.69, 9.17) is 0 Å². The summed E-state index contributed by atoms with van der Waals surface area (Å²) in [7, 11) is -1.61. The lowest BCUT2D eigenvalue weighted by atomic mass is 10.2. The first-order valence-corrected chi connectivity index (χ1v) is 9.37. The van der Waals surface area contributed by atoms with Gasteiger partial charge in [-0.2, -0.15) is 0 Å². The molecule has 142 valence electrons. The summed E-state index contributed by atoms with van der Waals surface area (Å²) >= 11 is 0. The van der Waals surface area contributed by atoms with Crippen molar-refractivity contribution in [2.24, 2.45) is 0 Å². The van der Waals surface area contributed by atoms with Crippen LogP contribution in [0.4, 0.5) is 22.7 Å². The lowest BCUT2D eigenvalue weighted by Crippen LogP contribution is -2.70. The smallest absolute Gasteiger partial charge is 0.255 e. The van der Waals surface area contributed by atoms with Crippen molar-refractivity contribution in [3.63, 3.8) is 0 Å². The van der Waals surface area contributed by atoms with E-state index in [0.29, 0.717) is 38.7 Å². The zero-order valence-electron chi connectivity index (χ0n) is 14.5. The molecule has 0 saturated heterocycles. The molecular weight excluding hydrogens is 380 g/mol. The molecule has 0 fully saturated rings. The van der Waals surface area contributed by atoms with Crippen LogP contribution in [0.15, 0.2) is 77.7 Å². The number of nitrogens with two attached hydrogens (primary N) is 1. The third-order valence-corrected chi connectivity index (χ3v) is 4.91. The Bertz CT molecular complexity index is 1020. The van der Waals surface area contributed by atoms with E-state index in [0.717, 1.165) is 0 Å². The Labute approximate surface area is 163 Å². The third kappa shape index (κ3) is 4.86. The minimum atomic E-state index is -1.61. The summed E-state index contributed by atoms with van der Waals surface area (Å²) < 4.78 is 15.4. The molecule has 0 heterocycles. The van der Waals surface area contributed by atoms with Gasteiger partial charge in [0, 0.05) is 39.5 Å². The Balaban J connectivity index is 1.72. The molecule has 1 unspecified atom stereocenters. The number of amides is 1. The van der Waals surface area contributed by atoms with Crippen molar-refractivity contribution in [3.8, 4) is 0 Å². The normalized spacial score (nSPS) is 11.5. The molecule has 3 rings (SSSR count). The molecule has 1 atom stereocenters. The zero-order chi connectivity index (χ0) is 19.9. The highest BCUT2D eigenvalue weighted by Gasteiger charge is 2.11. The van der Waals surface area contributed by atoms with E-state index in [1.165, 1.54) is 6.07 Å². The molecule has 0 aliphatic carbocycles. The molecule has 0 aliphatic rings. The molecule has 28 heavy (non-hydrogen) atoms. The first-order chi connectivity index (χ1) is 13.6. The predicted octanol–water partition coefficient (Wildman–Crippen LogP) is 1.24. The van der Waals surface area contributed by atoms with Gasteiger partial charge in [0.05, 0.1) is 10.6 Å². The Hall–Kier alpha value is -3.40. The van der Waals surface area contributed by atoms with E-state index in [-0.39, 0.29) is 5.91 Å². The van der Waals surface area contributed by atoms with Gasteiger partial charge in [0.2, 0.25) is 0 Å². The van der Waals surface area contributed by atoms with Gasteiger partial charge in [0.25, 0.3) is 11.6 Å². The number of hydrogen-bond acceptors (Lipinski definition) is 4. The average Bonchev–Trinajstić information content (AvgIpc) is 2.74. The number of quaternary nitrogens is 1. The number of anilines is 2. The molecule has 8 nitrogen and oxygen atoms in total. The SMILES string of the molecule is O=[NH+]c1ccc(NC(=O)c2cccc(S(=O)Nc3cccc([NH2+][O-])c3)c2)cc1. The minimum absolute atomic E-state index is 0.334. The van der Waals surface area contributed by atoms with Crippen LogP contribution in [0.3, 0.4) is 0 Å². The molecule has 0 aliphatic heterocycles. The number of hydrogen-bond donors (Lipinski definition) is 4. The number of rotatable bonds is 7. The van der Waals surface area contributed by atoms with E-state index in [1.807, 2.05) is 0 Å². The maximum atomic E-state index is 12.6. The van der Waals surface area contributed by atoms with Crippen LogP contribution in [0.25, 0.3) is 0 Å². The topological polar surface area (TPSA) is 129 Å². The van der Waals surface area contributed by atoms with E-state index in [9.17, 15) is 19.1 Å². The van der Waals surface area contributed by atoms with Gasteiger partial charge >= 0.3 is 0 Å². The van der Waals surface area contributed by atoms with Gasteiger partial charge < -0.3 is 20.7 Å². The highest BCUT2D eigenvalue weighted by atomic mass is 32.2. The lowest BCUT2D eigenvalue weighted by molar-refractivity contribution is -0.497. The Morgan fingerprint density at radius 3 is 2.43 bits per heavy atom. The Morgan fingerprint density at radius 1 is 0.964 bits per heavy atom. The second-order valence-corrected chi connectivity index (χ2v) is 6.99. The van der Waals surface area contributed by atoms with E-state index >= 15 is 0 Å². The zero-order valence-corrected chi connectivity index (χ0v) is 15.4. The summed E-state index contributed by atoms with van der Waals surface area (Å²) in [5.74, 6) is -0.371. The molecule has 0 bridgehead atoms. The van der Waals surface area contributed by atoms with Crippen LogP contribution >= 0.6 is 0 Å².